The van der Waals surface area contributed by atoms with E-state index in [-0.39, 0.29) is 6.61 Å². The van der Waals surface area contributed by atoms with Crippen molar-refractivity contribution in [2.24, 2.45) is 10.9 Å². The van der Waals surface area contributed by atoms with Crippen LogP contribution in [0.15, 0.2) is 22.7 Å². The van der Waals surface area contributed by atoms with E-state index in [2.05, 4.69) is 4.74 Å². The van der Waals surface area contributed by atoms with Crippen LogP contribution in [0.5, 0.6) is 0 Å². The topological polar surface area (TPSA) is 98.8 Å². The van der Waals surface area contributed by atoms with Crippen molar-refractivity contribution in [2.75, 3.05) is 6.61 Å². The smallest absolute Gasteiger partial charge is 0.445 e. The lowest BCUT2D eigenvalue weighted by Crippen LogP contribution is -2.25. The Kier molecular flexibility index (Phi) is 3.92. The van der Waals surface area contributed by atoms with Gasteiger partial charge in [0, 0.05) is 4.88 Å². The van der Waals surface area contributed by atoms with Gasteiger partial charge in [0.2, 0.25) is 5.91 Å². The first-order valence-corrected chi connectivity index (χ1v) is 4.86. The first-order chi connectivity index (χ1) is 7.15. The largest absolute Gasteiger partial charge is 0.470 e. The van der Waals surface area contributed by atoms with Gasteiger partial charge in [0.15, 0.2) is 0 Å². The van der Waals surface area contributed by atoms with E-state index in [1.165, 1.54) is 11.3 Å². The fourth-order valence-corrected chi connectivity index (χ4v) is 1.79. The molecule has 1 rings (SSSR count). The molecule has 1 atom stereocenters. The van der Waals surface area contributed by atoms with Crippen molar-refractivity contribution in [3.63, 3.8) is 0 Å². The number of carbonyl (C=O) groups is 2. The molecule has 1 heterocycles. The fourth-order valence-electron chi connectivity index (χ4n) is 0.975. The third-order valence-corrected chi connectivity index (χ3v) is 2.66. The number of hydrogen-bond donors (Lipinski definition) is 1. The van der Waals surface area contributed by atoms with Gasteiger partial charge >= 0.3 is 6.09 Å². The molecule has 80 valence electrons. The Hall–Kier alpha value is -1.76. The number of hydrogen-bond acceptors (Lipinski definition) is 5. The Morgan fingerprint density at radius 3 is 2.80 bits per heavy atom. The van der Waals surface area contributed by atoms with Crippen molar-refractivity contribution in [1.82, 2.24) is 0 Å². The molecule has 1 aromatic rings. The van der Waals surface area contributed by atoms with Crippen LogP contribution < -0.4 is 5.73 Å². The van der Waals surface area contributed by atoms with Gasteiger partial charge in [-0.15, -0.1) is 16.2 Å². The van der Waals surface area contributed by atoms with Crippen LogP contribution in [0.1, 0.15) is 10.8 Å². The van der Waals surface area contributed by atoms with Gasteiger partial charge in [0.05, 0.1) is 5.18 Å². The summed E-state index contributed by atoms with van der Waals surface area (Å²) in [6.07, 6.45) is -1.25. The van der Waals surface area contributed by atoms with Gasteiger partial charge in [0.1, 0.15) is 12.5 Å². The second kappa shape index (κ2) is 5.20. The zero-order chi connectivity index (χ0) is 11.3. The summed E-state index contributed by atoms with van der Waals surface area (Å²) in [6.45, 7) is -0.263. The minimum atomic E-state index is -1.25. The quantitative estimate of drug-likeness (QED) is 0.783. The molecule has 0 aliphatic rings. The van der Waals surface area contributed by atoms with Crippen molar-refractivity contribution < 1.29 is 14.3 Å². The number of nitrogens with zero attached hydrogens (tertiary/aromatic N) is 1. The molecule has 0 saturated carbocycles. The summed E-state index contributed by atoms with van der Waals surface area (Å²) in [6, 6.07) is 3.44. The number of ether oxygens (including phenoxy) is 1. The van der Waals surface area contributed by atoms with Crippen LogP contribution in [0.25, 0.3) is 0 Å². The molecule has 15 heavy (non-hydrogen) atoms. The molecule has 0 aliphatic carbocycles. The molecule has 0 saturated heterocycles. The summed E-state index contributed by atoms with van der Waals surface area (Å²) >= 11 is 1.32. The Morgan fingerprint density at radius 2 is 2.33 bits per heavy atom. The second-order valence-electron chi connectivity index (χ2n) is 2.64. The standard InChI is InChI=1S/C8H8N2O4S/c9-7(11)5(4-14-8(12)10-13)6-2-1-3-15-6/h1-3,5H,4H2,(H2,9,11)/t5-/m0/s1. The Balaban J connectivity index is 2.64. The summed E-state index contributed by atoms with van der Waals surface area (Å²) in [5.74, 6) is -1.34. The highest BCUT2D eigenvalue weighted by atomic mass is 32.1. The second-order valence-corrected chi connectivity index (χ2v) is 3.62. The zero-order valence-corrected chi connectivity index (χ0v) is 8.40. The molecule has 2 N–H and O–H groups in total. The van der Waals surface area contributed by atoms with Crippen molar-refractivity contribution in [1.29, 1.82) is 0 Å². The van der Waals surface area contributed by atoms with E-state index in [0.717, 1.165) is 0 Å². The summed E-state index contributed by atoms with van der Waals surface area (Å²) < 4.78 is 4.43. The predicted molar refractivity (Wildman–Crippen MR) is 53.4 cm³/mol. The highest BCUT2D eigenvalue weighted by Crippen LogP contribution is 2.21. The van der Waals surface area contributed by atoms with Crippen molar-refractivity contribution in [2.45, 2.75) is 5.92 Å². The zero-order valence-electron chi connectivity index (χ0n) is 7.58. The highest BCUT2D eigenvalue weighted by molar-refractivity contribution is 7.10. The van der Waals surface area contributed by atoms with Crippen LogP contribution in [0.3, 0.4) is 0 Å². The lowest BCUT2D eigenvalue weighted by Gasteiger charge is -2.09. The first-order valence-electron chi connectivity index (χ1n) is 3.98. The third-order valence-electron chi connectivity index (χ3n) is 1.68. The molecule has 0 unspecified atom stereocenters. The Morgan fingerprint density at radius 1 is 1.60 bits per heavy atom. The molecule has 2 amide bonds. The normalized spacial score (nSPS) is 11.7. The molecule has 0 aliphatic heterocycles. The Labute approximate surface area is 89.0 Å². The minimum absolute atomic E-state index is 0.263. The molecule has 0 aromatic carbocycles. The molecular formula is C8H8N2O4S. The molecule has 0 radical (unpaired) electrons. The molecule has 0 spiro atoms. The maximum absolute atomic E-state index is 11.0. The van der Waals surface area contributed by atoms with Crippen molar-refractivity contribution in [3.05, 3.63) is 27.3 Å². The lowest BCUT2D eigenvalue weighted by molar-refractivity contribution is -0.120. The molecule has 7 heteroatoms. The monoisotopic (exact) mass is 228 g/mol. The SMILES string of the molecule is NC(=O)[C@@H](COC(=O)N=O)c1cccs1. The summed E-state index contributed by atoms with van der Waals surface area (Å²) in [5.41, 5.74) is 5.12. The van der Waals surface area contributed by atoms with Crippen molar-refractivity contribution >= 4 is 23.3 Å². The van der Waals surface area contributed by atoms with Crippen LogP contribution in [-0.2, 0) is 9.53 Å². The fraction of sp³-hybridized carbons (Fsp3) is 0.250. The van der Waals surface area contributed by atoms with E-state index < -0.39 is 17.9 Å². The molecule has 0 bridgehead atoms. The van der Waals surface area contributed by atoms with Gasteiger partial charge in [-0.1, -0.05) is 6.07 Å². The van der Waals surface area contributed by atoms with Crippen LogP contribution in [0, 0.1) is 4.91 Å². The van der Waals surface area contributed by atoms with E-state index in [0.29, 0.717) is 4.88 Å². The lowest BCUT2D eigenvalue weighted by atomic mass is 10.1. The maximum Gasteiger partial charge on any atom is 0.470 e. The van der Waals surface area contributed by atoms with Crippen LogP contribution >= 0.6 is 11.3 Å². The number of thiophene rings is 1. The van der Waals surface area contributed by atoms with Gasteiger partial charge in [0.25, 0.3) is 0 Å². The summed E-state index contributed by atoms with van der Waals surface area (Å²) in [5, 5.41) is 3.81. The van der Waals surface area contributed by atoms with E-state index >= 15 is 0 Å². The van der Waals surface area contributed by atoms with Gasteiger partial charge in [-0.25, -0.2) is 4.79 Å². The first kappa shape index (κ1) is 11.3. The van der Waals surface area contributed by atoms with E-state index in [1.54, 1.807) is 17.5 Å². The van der Waals surface area contributed by atoms with E-state index in [1.807, 2.05) is 5.18 Å². The summed E-state index contributed by atoms with van der Waals surface area (Å²) in [4.78, 5) is 31.9. The third kappa shape index (κ3) is 3.13. The molecule has 1 aromatic heterocycles. The number of nitrogens with two attached hydrogens (primary N) is 1. The van der Waals surface area contributed by atoms with Gasteiger partial charge < -0.3 is 10.5 Å². The van der Waals surface area contributed by atoms with Gasteiger partial charge in [-0.05, 0) is 11.4 Å². The minimum Gasteiger partial charge on any atom is -0.445 e. The van der Waals surface area contributed by atoms with Crippen LogP contribution in [0.4, 0.5) is 4.79 Å². The van der Waals surface area contributed by atoms with E-state index in [4.69, 9.17) is 5.73 Å². The predicted octanol–water partition coefficient (Wildman–Crippen LogP) is 1.22. The van der Waals surface area contributed by atoms with Crippen LogP contribution in [-0.4, -0.2) is 18.6 Å². The average Bonchev–Trinajstić information content (AvgIpc) is 2.70. The Bertz CT molecular complexity index is 363. The average molecular weight is 228 g/mol. The molecular weight excluding hydrogens is 220 g/mol. The number of primary amides is 1. The van der Waals surface area contributed by atoms with Gasteiger partial charge in [-0.3, -0.25) is 4.79 Å². The van der Waals surface area contributed by atoms with Crippen molar-refractivity contribution in [3.8, 4) is 0 Å². The molecule has 6 nitrogen and oxygen atoms in total. The number of nitroso groups, excluding NO2 is 1. The van der Waals surface area contributed by atoms with Gasteiger partial charge in [-0.2, -0.15) is 0 Å². The number of amides is 2. The van der Waals surface area contributed by atoms with Crippen LogP contribution in [0.2, 0.25) is 0 Å². The number of carbonyl (C=O) groups excluding carboxylic acids is 2. The number of rotatable bonds is 4. The highest BCUT2D eigenvalue weighted by Gasteiger charge is 2.21. The summed E-state index contributed by atoms with van der Waals surface area (Å²) in [7, 11) is 0. The maximum atomic E-state index is 11.0. The van der Waals surface area contributed by atoms with E-state index in [9.17, 15) is 14.5 Å². The molecule has 0 fully saturated rings.